The highest BCUT2D eigenvalue weighted by molar-refractivity contribution is 7.99. The number of aromatic nitrogens is 3. The summed E-state index contributed by atoms with van der Waals surface area (Å²) in [5.74, 6) is 0.430. The fourth-order valence-electron chi connectivity index (χ4n) is 1.79. The third-order valence-corrected chi connectivity index (χ3v) is 4.08. The zero-order chi connectivity index (χ0) is 15.2. The van der Waals surface area contributed by atoms with Crippen LogP contribution in [0.4, 0.5) is 0 Å². The first kappa shape index (κ1) is 16.8. The molecule has 1 atom stereocenters. The molecular formula is C12H22N4O3S. The van der Waals surface area contributed by atoms with Gasteiger partial charge in [0.25, 0.3) is 0 Å². The molecule has 0 spiro atoms. The number of nitrogens with zero attached hydrogens (tertiary/aromatic N) is 2. The Hall–Kier alpha value is -1.28. The van der Waals surface area contributed by atoms with Crippen LogP contribution in [0.1, 0.15) is 33.1 Å². The van der Waals surface area contributed by atoms with Gasteiger partial charge in [-0.2, -0.15) is 0 Å². The molecule has 1 rings (SSSR count). The van der Waals surface area contributed by atoms with E-state index in [1.807, 2.05) is 6.92 Å². The molecule has 1 aromatic heterocycles. The van der Waals surface area contributed by atoms with Crippen LogP contribution in [0.25, 0.3) is 0 Å². The lowest BCUT2D eigenvalue weighted by Crippen LogP contribution is -2.45. The van der Waals surface area contributed by atoms with Crippen molar-refractivity contribution in [3.8, 4) is 0 Å². The lowest BCUT2D eigenvalue weighted by Gasteiger charge is -2.20. The van der Waals surface area contributed by atoms with Crippen LogP contribution in [-0.2, 0) is 16.1 Å². The molecule has 0 saturated heterocycles. The standard InChI is InChI=1S/C12H22N4O3S/c1-4-16-10(18)14-15-11(16)20-8-6-5-7-12(2,13)9(17)19-3/h4-8,13H2,1-3H3,(H,14,18). The number of esters is 1. The van der Waals surface area contributed by atoms with Gasteiger partial charge in [-0.1, -0.05) is 18.2 Å². The summed E-state index contributed by atoms with van der Waals surface area (Å²) in [6.07, 6.45) is 2.27. The number of nitrogens with two attached hydrogens (primary N) is 1. The molecule has 0 aliphatic carbocycles. The first-order chi connectivity index (χ1) is 9.42. The van der Waals surface area contributed by atoms with E-state index >= 15 is 0 Å². The average Bonchev–Trinajstić information content (AvgIpc) is 2.77. The molecule has 0 amide bonds. The van der Waals surface area contributed by atoms with E-state index in [0.29, 0.717) is 18.1 Å². The fourth-order valence-corrected chi connectivity index (χ4v) is 2.79. The van der Waals surface area contributed by atoms with Crippen molar-refractivity contribution in [3.05, 3.63) is 10.5 Å². The van der Waals surface area contributed by atoms with E-state index in [2.05, 4.69) is 14.9 Å². The molecule has 0 aliphatic heterocycles. The summed E-state index contributed by atoms with van der Waals surface area (Å²) in [4.78, 5) is 22.8. The Labute approximate surface area is 122 Å². The number of hydrogen-bond acceptors (Lipinski definition) is 6. The van der Waals surface area contributed by atoms with Crippen LogP contribution in [0.3, 0.4) is 0 Å². The number of carbonyl (C=O) groups is 1. The van der Waals surface area contributed by atoms with Gasteiger partial charge in [-0.05, 0) is 26.7 Å². The van der Waals surface area contributed by atoms with E-state index in [1.165, 1.54) is 18.9 Å². The van der Waals surface area contributed by atoms with Gasteiger partial charge in [0.15, 0.2) is 5.16 Å². The number of H-pyrrole nitrogens is 1. The number of rotatable bonds is 8. The number of hydrogen-bond donors (Lipinski definition) is 2. The second-order valence-electron chi connectivity index (χ2n) is 4.77. The third-order valence-electron chi connectivity index (χ3n) is 3.01. The largest absolute Gasteiger partial charge is 0.468 e. The third kappa shape index (κ3) is 4.38. The van der Waals surface area contributed by atoms with Crippen molar-refractivity contribution in [2.24, 2.45) is 5.73 Å². The summed E-state index contributed by atoms with van der Waals surface area (Å²) in [6, 6.07) is 0. The molecule has 7 nitrogen and oxygen atoms in total. The Morgan fingerprint density at radius 1 is 1.55 bits per heavy atom. The zero-order valence-corrected chi connectivity index (χ0v) is 13.0. The molecular weight excluding hydrogens is 280 g/mol. The number of ether oxygens (including phenoxy) is 1. The van der Waals surface area contributed by atoms with Crippen molar-refractivity contribution in [3.63, 3.8) is 0 Å². The quantitative estimate of drug-likeness (QED) is 0.417. The summed E-state index contributed by atoms with van der Waals surface area (Å²) < 4.78 is 6.24. The predicted molar refractivity (Wildman–Crippen MR) is 77.7 cm³/mol. The van der Waals surface area contributed by atoms with Crippen molar-refractivity contribution < 1.29 is 9.53 Å². The molecule has 0 saturated carbocycles. The minimum absolute atomic E-state index is 0.185. The van der Waals surface area contributed by atoms with E-state index in [0.717, 1.165) is 18.6 Å². The summed E-state index contributed by atoms with van der Waals surface area (Å²) in [5, 5.41) is 7.09. The molecule has 8 heteroatoms. The van der Waals surface area contributed by atoms with Gasteiger partial charge in [0.1, 0.15) is 5.54 Å². The molecule has 20 heavy (non-hydrogen) atoms. The second-order valence-corrected chi connectivity index (χ2v) is 5.83. The van der Waals surface area contributed by atoms with Gasteiger partial charge in [0, 0.05) is 12.3 Å². The van der Waals surface area contributed by atoms with E-state index in [1.54, 1.807) is 11.5 Å². The SMILES string of the molecule is CCn1c(SCCCCC(C)(N)C(=O)OC)n[nH]c1=O. The van der Waals surface area contributed by atoms with Crippen LogP contribution < -0.4 is 11.4 Å². The lowest BCUT2D eigenvalue weighted by atomic mass is 9.97. The second kappa shape index (κ2) is 7.49. The maximum absolute atomic E-state index is 11.4. The Balaban J connectivity index is 2.32. The van der Waals surface area contributed by atoms with Gasteiger partial charge in [-0.25, -0.2) is 9.89 Å². The summed E-state index contributed by atoms with van der Waals surface area (Å²) in [5.41, 5.74) is 4.75. The number of methoxy groups -OCH3 is 1. The van der Waals surface area contributed by atoms with E-state index in [-0.39, 0.29) is 5.69 Å². The summed E-state index contributed by atoms with van der Waals surface area (Å²) >= 11 is 1.52. The van der Waals surface area contributed by atoms with Crippen molar-refractivity contribution in [2.75, 3.05) is 12.9 Å². The van der Waals surface area contributed by atoms with Crippen LogP contribution in [0, 0.1) is 0 Å². The summed E-state index contributed by atoms with van der Waals surface area (Å²) in [7, 11) is 1.34. The van der Waals surface area contributed by atoms with Gasteiger partial charge in [0.2, 0.25) is 0 Å². The van der Waals surface area contributed by atoms with Crippen LogP contribution in [0.15, 0.2) is 9.95 Å². The molecule has 1 unspecified atom stereocenters. The molecule has 0 fully saturated rings. The number of carbonyl (C=O) groups excluding carboxylic acids is 1. The Bertz CT molecular complexity index is 495. The summed E-state index contributed by atoms with van der Waals surface area (Å²) in [6.45, 7) is 4.17. The van der Waals surface area contributed by atoms with Crippen molar-refractivity contribution in [1.29, 1.82) is 0 Å². The maximum Gasteiger partial charge on any atom is 0.343 e. The Morgan fingerprint density at radius 2 is 2.25 bits per heavy atom. The van der Waals surface area contributed by atoms with Crippen molar-refractivity contribution in [2.45, 2.75) is 50.4 Å². The normalized spacial score (nSPS) is 14.0. The van der Waals surface area contributed by atoms with Crippen LogP contribution in [0.5, 0.6) is 0 Å². The zero-order valence-electron chi connectivity index (χ0n) is 12.1. The fraction of sp³-hybridized carbons (Fsp3) is 0.750. The number of aromatic amines is 1. The molecule has 114 valence electrons. The monoisotopic (exact) mass is 302 g/mol. The topological polar surface area (TPSA) is 103 Å². The van der Waals surface area contributed by atoms with Crippen LogP contribution in [-0.4, -0.2) is 39.1 Å². The minimum atomic E-state index is -0.933. The van der Waals surface area contributed by atoms with E-state index in [9.17, 15) is 9.59 Å². The molecule has 1 aromatic rings. The van der Waals surface area contributed by atoms with Gasteiger partial charge < -0.3 is 10.5 Å². The molecule has 0 bridgehead atoms. The highest BCUT2D eigenvalue weighted by Gasteiger charge is 2.28. The van der Waals surface area contributed by atoms with Gasteiger partial charge in [-0.3, -0.25) is 9.36 Å². The maximum atomic E-state index is 11.4. The van der Waals surface area contributed by atoms with Crippen molar-refractivity contribution >= 4 is 17.7 Å². The Morgan fingerprint density at radius 3 is 2.85 bits per heavy atom. The molecule has 0 radical (unpaired) electrons. The predicted octanol–water partition coefficient (Wildman–Crippen LogP) is 0.744. The first-order valence-corrected chi connectivity index (χ1v) is 7.56. The van der Waals surface area contributed by atoms with E-state index < -0.39 is 11.5 Å². The first-order valence-electron chi connectivity index (χ1n) is 6.57. The van der Waals surface area contributed by atoms with Crippen molar-refractivity contribution in [1.82, 2.24) is 14.8 Å². The number of unbranched alkanes of at least 4 members (excludes halogenated alkanes) is 1. The molecule has 3 N–H and O–H groups in total. The molecule has 0 aromatic carbocycles. The molecule has 0 aliphatic rings. The highest BCUT2D eigenvalue weighted by atomic mass is 32.2. The molecule has 1 heterocycles. The van der Waals surface area contributed by atoms with Gasteiger partial charge >= 0.3 is 11.7 Å². The smallest absolute Gasteiger partial charge is 0.343 e. The highest BCUT2D eigenvalue weighted by Crippen LogP contribution is 2.18. The van der Waals surface area contributed by atoms with Gasteiger partial charge in [0.05, 0.1) is 7.11 Å². The van der Waals surface area contributed by atoms with E-state index in [4.69, 9.17) is 5.73 Å². The number of thioether (sulfide) groups is 1. The minimum Gasteiger partial charge on any atom is -0.468 e. The Kier molecular flexibility index (Phi) is 6.28. The van der Waals surface area contributed by atoms with Crippen LogP contribution >= 0.6 is 11.8 Å². The van der Waals surface area contributed by atoms with Gasteiger partial charge in [-0.15, -0.1) is 5.10 Å². The number of nitrogens with one attached hydrogen (secondary N) is 1. The lowest BCUT2D eigenvalue weighted by molar-refractivity contribution is -0.146. The van der Waals surface area contributed by atoms with Crippen LogP contribution in [0.2, 0.25) is 0 Å². The average molecular weight is 302 g/mol.